The molecule has 0 rings (SSSR count). The minimum absolute atomic E-state index is 0.601. The van der Waals surface area contributed by atoms with Gasteiger partial charge in [0.15, 0.2) is 8.32 Å². The Kier molecular flexibility index (Phi) is 14.9. The fraction of sp³-hybridized carbons (Fsp3) is 1.00. The van der Waals surface area contributed by atoms with Crippen molar-refractivity contribution in [1.29, 1.82) is 0 Å². The zero-order valence-corrected chi connectivity index (χ0v) is 29.7. The molecule has 0 amide bonds. The Labute approximate surface area is 249 Å². The summed E-state index contributed by atoms with van der Waals surface area (Å²) in [5, 5.41) is 0. The van der Waals surface area contributed by atoms with Crippen molar-refractivity contribution in [3.05, 3.63) is 0 Å². The highest BCUT2D eigenvalue weighted by Gasteiger charge is 2.54. The molecule has 0 N–H and O–H groups in total. The molecule has 0 aliphatic rings. The van der Waals surface area contributed by atoms with E-state index in [1.54, 1.807) is 0 Å². The van der Waals surface area contributed by atoms with Crippen LogP contribution in [0.15, 0.2) is 0 Å². The summed E-state index contributed by atoms with van der Waals surface area (Å²) < 4.78 is 180. The van der Waals surface area contributed by atoms with Gasteiger partial charge >= 0.3 is 56.6 Å². The highest BCUT2D eigenvalue weighted by atomic mass is 35.8. The van der Waals surface area contributed by atoms with Gasteiger partial charge in [-0.2, -0.15) is 52.7 Å². The normalized spacial score (nSPS) is 19.0. The highest BCUT2D eigenvalue weighted by molar-refractivity contribution is 7.62. The van der Waals surface area contributed by atoms with Gasteiger partial charge < -0.3 is 16.5 Å². The summed E-state index contributed by atoms with van der Waals surface area (Å²) in [6.45, 7) is 5.56. The van der Waals surface area contributed by atoms with Crippen LogP contribution in [0.1, 0.15) is 25.7 Å². The number of rotatable bonds is 16. The average Bonchev–Trinajstić information content (AvgIpc) is 2.64. The van der Waals surface area contributed by atoms with Gasteiger partial charge in [-0.3, -0.25) is 0 Å². The maximum absolute atomic E-state index is 13.2. The molecule has 0 fully saturated rings. The second-order valence-corrected chi connectivity index (χ2v) is 33.5. The number of alkyl halides is 12. The Bertz CT molecular complexity index is 829. The summed E-state index contributed by atoms with van der Waals surface area (Å²) in [6.07, 6.45) is -29.4. The molecule has 0 aromatic heterocycles. The number of hydrogen-bond acceptors (Lipinski definition) is 4. The third-order valence-corrected chi connectivity index (χ3v) is 25.8. The maximum Gasteiger partial charge on any atom is 0.485 e. The molecule has 0 aliphatic carbocycles. The molecule has 3 atom stereocenters. The standard InChI is InChI=1S/C17H31Cl3F12O4Si5/c1-37(2,10-6-14(21,22)23)33-38(3,11-7-15(24,25)26)34-39(4,12-8-16(27,28)29)35-40(5,36-41(18,19)20)13-9-17(30,31)32/h6-13H2,1-5H3. The smallest absolute Gasteiger partial charge is 0.436 e. The Hall–Kier alpha value is 0.954. The van der Waals surface area contributed by atoms with E-state index in [-0.39, 0.29) is 0 Å². The average molecular weight is 774 g/mol. The van der Waals surface area contributed by atoms with Gasteiger partial charge in [-0.1, -0.05) is 33.2 Å². The Morgan fingerprint density at radius 3 is 0.927 bits per heavy atom. The molecule has 0 aromatic carbocycles. The molecule has 0 saturated heterocycles. The van der Waals surface area contributed by atoms with Crippen molar-refractivity contribution in [2.75, 3.05) is 0 Å². The number of hydrogen-bond donors (Lipinski definition) is 0. The lowest BCUT2D eigenvalue weighted by Crippen LogP contribution is -2.61. The molecule has 3 unspecified atom stereocenters. The van der Waals surface area contributed by atoms with E-state index in [0.717, 1.165) is 19.6 Å². The summed E-state index contributed by atoms with van der Waals surface area (Å²) in [5.41, 5.74) is 0. The van der Waals surface area contributed by atoms with Gasteiger partial charge in [-0.05, 0) is 56.9 Å². The molecule has 0 saturated carbocycles. The van der Waals surface area contributed by atoms with Crippen LogP contribution in [0.3, 0.4) is 0 Å². The molecule has 0 aromatic rings. The van der Waals surface area contributed by atoms with E-state index >= 15 is 0 Å². The Morgan fingerprint density at radius 1 is 0.415 bits per heavy atom. The van der Waals surface area contributed by atoms with Crippen molar-refractivity contribution in [3.8, 4) is 0 Å². The van der Waals surface area contributed by atoms with E-state index in [1.807, 2.05) is 0 Å². The van der Waals surface area contributed by atoms with Crippen molar-refractivity contribution in [1.82, 2.24) is 0 Å². The predicted molar refractivity (Wildman–Crippen MR) is 142 cm³/mol. The first-order valence-corrected chi connectivity index (χ1v) is 27.4. The van der Waals surface area contributed by atoms with E-state index in [9.17, 15) is 52.7 Å². The van der Waals surface area contributed by atoms with Gasteiger partial charge in [0.2, 0.25) is 0 Å². The Balaban J connectivity index is 6.61. The quantitative estimate of drug-likeness (QED) is 0.0889. The second kappa shape index (κ2) is 14.6. The van der Waals surface area contributed by atoms with Crippen LogP contribution in [0.25, 0.3) is 0 Å². The lowest BCUT2D eigenvalue weighted by molar-refractivity contribution is -0.132. The molecular formula is C17H31Cl3F12O4Si5. The van der Waals surface area contributed by atoms with Gasteiger partial charge in [-0.15, -0.1) is 0 Å². The van der Waals surface area contributed by atoms with Crippen molar-refractivity contribution in [3.63, 3.8) is 0 Å². The summed E-state index contributed by atoms with van der Waals surface area (Å²) >= 11 is 17.2. The fourth-order valence-corrected chi connectivity index (χ4v) is 29.6. The summed E-state index contributed by atoms with van der Waals surface area (Å²) in [6, 6.07) is -3.50. The molecular weight excluding hydrogens is 743 g/mol. The summed E-state index contributed by atoms with van der Waals surface area (Å²) in [7, 11) is -16.7. The summed E-state index contributed by atoms with van der Waals surface area (Å²) in [4.78, 5) is 0. The van der Waals surface area contributed by atoms with Crippen molar-refractivity contribution in [2.45, 2.75) is 107 Å². The topological polar surface area (TPSA) is 36.9 Å². The number of halogens is 15. The van der Waals surface area contributed by atoms with Crippen LogP contribution in [0, 0.1) is 0 Å². The molecule has 0 aliphatic heterocycles. The Morgan fingerprint density at radius 2 is 0.659 bits per heavy atom. The van der Waals surface area contributed by atoms with Crippen LogP contribution in [-0.2, 0) is 16.5 Å². The third-order valence-electron chi connectivity index (χ3n) is 5.29. The SMILES string of the molecule is C[Si](C)(CCC(F)(F)F)O[Si](C)(CCC(F)(F)F)O[Si](C)(CCC(F)(F)F)O[Si](C)(CCC(F)(F)F)O[Si](Cl)(Cl)Cl. The van der Waals surface area contributed by atoms with Gasteiger partial charge in [0, 0.05) is 25.7 Å². The van der Waals surface area contributed by atoms with Gasteiger partial charge in [0.05, 0.1) is 0 Å². The van der Waals surface area contributed by atoms with Crippen molar-refractivity contribution in [2.24, 2.45) is 0 Å². The van der Waals surface area contributed by atoms with E-state index in [4.69, 9.17) is 49.7 Å². The van der Waals surface area contributed by atoms with Gasteiger partial charge in [-0.25, -0.2) is 0 Å². The van der Waals surface area contributed by atoms with Crippen LogP contribution >= 0.6 is 33.2 Å². The first kappa shape index (κ1) is 42.0. The second-order valence-electron chi connectivity index (χ2n) is 10.5. The molecule has 41 heavy (non-hydrogen) atoms. The highest BCUT2D eigenvalue weighted by Crippen LogP contribution is 2.40. The lowest BCUT2D eigenvalue weighted by atomic mass is 10.5. The van der Waals surface area contributed by atoms with Crippen LogP contribution < -0.4 is 0 Å². The molecule has 0 heterocycles. The van der Waals surface area contributed by atoms with Crippen LogP contribution in [0.4, 0.5) is 52.7 Å². The minimum Gasteiger partial charge on any atom is -0.436 e. The van der Waals surface area contributed by atoms with Crippen LogP contribution in [0.5, 0.6) is 0 Å². The van der Waals surface area contributed by atoms with E-state index in [2.05, 4.69) is 0 Å². The first-order chi connectivity index (χ1) is 17.7. The summed E-state index contributed by atoms with van der Waals surface area (Å²) in [5.74, 6) is 0. The third kappa shape index (κ3) is 22.2. The monoisotopic (exact) mass is 772 g/mol. The van der Waals surface area contributed by atoms with E-state index < -0.39 is 115 Å². The van der Waals surface area contributed by atoms with Gasteiger partial charge in [0.1, 0.15) is 0 Å². The molecule has 248 valence electrons. The van der Waals surface area contributed by atoms with Gasteiger partial charge in [0.25, 0.3) is 0 Å². The van der Waals surface area contributed by atoms with Crippen molar-refractivity contribution >= 4 is 73.5 Å². The van der Waals surface area contributed by atoms with E-state index in [1.165, 1.54) is 13.1 Å². The molecule has 4 nitrogen and oxygen atoms in total. The fourth-order valence-electron chi connectivity index (χ4n) is 3.71. The lowest BCUT2D eigenvalue weighted by Gasteiger charge is -2.45. The zero-order chi connectivity index (χ0) is 33.0. The molecule has 0 radical (unpaired) electrons. The van der Waals surface area contributed by atoms with E-state index in [0.29, 0.717) is 0 Å². The largest absolute Gasteiger partial charge is 0.485 e. The molecule has 0 spiro atoms. The van der Waals surface area contributed by atoms with Crippen LogP contribution in [0.2, 0.25) is 56.9 Å². The first-order valence-electron chi connectivity index (χ1n) is 11.8. The molecule has 24 heteroatoms. The minimum atomic E-state index is -4.85. The van der Waals surface area contributed by atoms with Crippen LogP contribution in [-0.4, -0.2) is 65.0 Å². The maximum atomic E-state index is 13.2. The van der Waals surface area contributed by atoms with Crippen molar-refractivity contribution < 1.29 is 69.1 Å². The molecule has 0 bridgehead atoms. The predicted octanol–water partition coefficient (Wildman–Crippen LogP) is 10.4. The zero-order valence-electron chi connectivity index (χ0n) is 22.5.